The van der Waals surface area contributed by atoms with Crippen molar-refractivity contribution in [2.45, 2.75) is 41.2 Å². The molecule has 2 N–H and O–H groups in total. The average Bonchev–Trinajstić information content (AvgIpc) is 3.33. The van der Waals surface area contributed by atoms with Gasteiger partial charge < -0.3 is 10.5 Å². The summed E-state index contributed by atoms with van der Waals surface area (Å²) in [5.74, 6) is 0.335. The largest absolute Gasteiger partial charge is 0.461 e. The molecule has 5 rings (SSSR count). The predicted molar refractivity (Wildman–Crippen MR) is 150 cm³/mol. The lowest BCUT2D eigenvalue weighted by atomic mass is 10.1. The summed E-state index contributed by atoms with van der Waals surface area (Å²) in [5.41, 5.74) is 11.5. The minimum Gasteiger partial charge on any atom is -0.461 e. The first-order valence-corrected chi connectivity index (χ1v) is 12.6. The van der Waals surface area contributed by atoms with Crippen LogP contribution in [0.3, 0.4) is 0 Å². The molecule has 3 heterocycles. The first kappa shape index (κ1) is 28.0. The maximum absolute atomic E-state index is 13.4. The monoisotopic (exact) mass is 513 g/mol. The Morgan fingerprint density at radius 2 is 1.66 bits per heavy atom. The molecule has 0 bridgehead atoms. The van der Waals surface area contributed by atoms with Crippen LogP contribution in [-0.2, 0) is 16.1 Å². The number of pyridine rings is 2. The molecule has 7 nitrogen and oxygen atoms in total. The number of imidazole rings is 1. The first-order chi connectivity index (χ1) is 18.5. The third-order valence-corrected chi connectivity index (χ3v) is 5.40. The van der Waals surface area contributed by atoms with Crippen molar-refractivity contribution in [1.29, 1.82) is 0 Å². The van der Waals surface area contributed by atoms with Crippen molar-refractivity contribution in [1.82, 2.24) is 19.5 Å². The van der Waals surface area contributed by atoms with Gasteiger partial charge in [0.15, 0.2) is 0 Å². The summed E-state index contributed by atoms with van der Waals surface area (Å²) >= 11 is 0. The van der Waals surface area contributed by atoms with Crippen molar-refractivity contribution in [2.24, 2.45) is 0 Å². The van der Waals surface area contributed by atoms with E-state index in [9.17, 15) is 9.18 Å². The lowest BCUT2D eigenvalue weighted by Crippen LogP contribution is -2.02. The molecule has 0 aliphatic rings. The zero-order valence-electron chi connectivity index (χ0n) is 22.3. The number of esters is 1. The van der Waals surface area contributed by atoms with E-state index in [0.29, 0.717) is 28.4 Å². The van der Waals surface area contributed by atoms with E-state index < -0.39 is 0 Å². The van der Waals surface area contributed by atoms with Crippen LogP contribution in [0.25, 0.3) is 39.4 Å². The second-order valence-corrected chi connectivity index (χ2v) is 7.72. The summed E-state index contributed by atoms with van der Waals surface area (Å²) in [7, 11) is 0. The van der Waals surface area contributed by atoms with Gasteiger partial charge in [-0.1, -0.05) is 39.8 Å². The van der Waals surface area contributed by atoms with Crippen LogP contribution in [-0.4, -0.2) is 25.5 Å². The molecule has 0 atom stereocenters. The third-order valence-electron chi connectivity index (χ3n) is 5.40. The van der Waals surface area contributed by atoms with Gasteiger partial charge in [-0.15, -0.1) is 0 Å². The highest BCUT2D eigenvalue weighted by Gasteiger charge is 2.18. The number of carbonyl (C=O) groups is 1. The molecule has 0 aliphatic carbocycles. The lowest BCUT2D eigenvalue weighted by Gasteiger charge is -2.12. The van der Waals surface area contributed by atoms with E-state index in [1.165, 1.54) is 19.1 Å². The van der Waals surface area contributed by atoms with E-state index in [-0.39, 0.29) is 18.4 Å². The molecular weight excluding hydrogens is 481 g/mol. The molecule has 0 fully saturated rings. The number of fused-ring (bicyclic) bond motifs is 1. The van der Waals surface area contributed by atoms with E-state index in [0.717, 1.165) is 22.3 Å². The van der Waals surface area contributed by atoms with Gasteiger partial charge in [0, 0.05) is 24.4 Å². The van der Waals surface area contributed by atoms with Gasteiger partial charge in [-0.25, -0.2) is 14.4 Å². The fourth-order valence-electron chi connectivity index (χ4n) is 3.73. The summed E-state index contributed by atoms with van der Waals surface area (Å²) in [4.78, 5) is 24.7. The van der Waals surface area contributed by atoms with Crippen molar-refractivity contribution in [3.8, 4) is 28.3 Å². The highest BCUT2D eigenvalue weighted by Crippen LogP contribution is 2.32. The second kappa shape index (κ2) is 13.1. The fraction of sp³-hybridized carbons (Fsp3) is 0.200. The highest BCUT2D eigenvalue weighted by atomic mass is 19.1. The van der Waals surface area contributed by atoms with E-state index in [4.69, 9.17) is 15.5 Å². The maximum Gasteiger partial charge on any atom is 0.302 e. The van der Waals surface area contributed by atoms with Gasteiger partial charge in [0.25, 0.3) is 0 Å². The highest BCUT2D eigenvalue weighted by molar-refractivity contribution is 5.87. The Labute approximate surface area is 222 Å². The lowest BCUT2D eigenvalue weighted by molar-refractivity contribution is -0.142. The molecule has 38 heavy (non-hydrogen) atoms. The Kier molecular flexibility index (Phi) is 9.65. The van der Waals surface area contributed by atoms with Crippen LogP contribution in [0.1, 0.15) is 40.2 Å². The molecule has 0 radical (unpaired) electrons. The molecule has 5 aromatic rings. The normalized spacial score (nSPS) is 10.2. The number of halogens is 1. The summed E-state index contributed by atoms with van der Waals surface area (Å²) in [6, 6.07) is 19.4. The number of anilines is 1. The van der Waals surface area contributed by atoms with Crippen LogP contribution in [0.15, 0.2) is 79.1 Å². The Morgan fingerprint density at radius 3 is 2.29 bits per heavy atom. The number of benzene rings is 2. The topological polar surface area (TPSA) is 95.9 Å². The molecule has 0 unspecified atom stereocenters. The molecule has 3 aromatic heterocycles. The van der Waals surface area contributed by atoms with Gasteiger partial charge in [-0.3, -0.25) is 14.3 Å². The van der Waals surface area contributed by atoms with Crippen LogP contribution in [0, 0.1) is 5.82 Å². The summed E-state index contributed by atoms with van der Waals surface area (Å²) < 4.78 is 20.5. The third kappa shape index (κ3) is 6.21. The van der Waals surface area contributed by atoms with Gasteiger partial charge >= 0.3 is 5.97 Å². The zero-order valence-corrected chi connectivity index (χ0v) is 22.3. The number of carbonyl (C=O) groups excluding carboxylic acids is 1. The molecule has 2 aromatic carbocycles. The molecule has 0 spiro atoms. The van der Waals surface area contributed by atoms with E-state index in [1.54, 1.807) is 30.6 Å². The first-order valence-electron chi connectivity index (χ1n) is 12.6. The maximum atomic E-state index is 13.4. The number of rotatable bonds is 5. The minimum atomic E-state index is -0.333. The van der Waals surface area contributed by atoms with Crippen LogP contribution in [0.4, 0.5) is 10.2 Å². The smallest absolute Gasteiger partial charge is 0.302 e. The van der Waals surface area contributed by atoms with Crippen LogP contribution >= 0.6 is 0 Å². The van der Waals surface area contributed by atoms with Crippen LogP contribution < -0.4 is 5.73 Å². The minimum absolute atomic E-state index is 0.196. The van der Waals surface area contributed by atoms with Crippen LogP contribution in [0.2, 0.25) is 0 Å². The van der Waals surface area contributed by atoms with Gasteiger partial charge in [-0.05, 0) is 60.2 Å². The summed E-state index contributed by atoms with van der Waals surface area (Å²) in [5, 5.41) is 0. The molecule has 0 aliphatic heterocycles. The van der Waals surface area contributed by atoms with Crippen molar-refractivity contribution in [3.63, 3.8) is 0 Å². The van der Waals surface area contributed by atoms with Crippen molar-refractivity contribution >= 4 is 22.8 Å². The Morgan fingerprint density at radius 1 is 0.974 bits per heavy atom. The number of nitrogens with two attached hydrogens (primary N) is 1. The van der Waals surface area contributed by atoms with Crippen LogP contribution in [0.5, 0.6) is 0 Å². The van der Waals surface area contributed by atoms with Crippen molar-refractivity contribution in [3.05, 3.63) is 90.5 Å². The fourth-order valence-corrected chi connectivity index (χ4v) is 3.73. The van der Waals surface area contributed by atoms with E-state index >= 15 is 0 Å². The number of ether oxygens (including phenoxy) is 1. The molecule has 0 saturated heterocycles. The number of hydrogen-bond acceptors (Lipinski definition) is 6. The summed E-state index contributed by atoms with van der Waals surface area (Å²) in [6.45, 7) is 9.57. The molecule has 196 valence electrons. The molecular formula is C30H32FN5O2. The number of nitrogens with zero attached hydrogens (tertiary/aromatic N) is 4. The standard InChI is InChI=1S/C26H20FN5O2.2C2H6/c1-16(33)34-15-17-4-10-20(11-5-17)32-24-13-22(18-6-8-19(27)9-7-18)30-14-23(24)31-26(32)21-3-2-12-29-25(21)28;2*1-2/h2-14H,15H2,1H3,(H2,28,29);2*1-2H3. The zero-order chi connectivity index (χ0) is 27.7. The second-order valence-electron chi connectivity index (χ2n) is 7.72. The van der Waals surface area contributed by atoms with Crippen molar-refractivity contribution in [2.75, 3.05) is 5.73 Å². The summed E-state index contributed by atoms with van der Waals surface area (Å²) in [6.07, 6.45) is 3.32. The number of hydrogen-bond donors (Lipinski definition) is 1. The number of aromatic nitrogens is 4. The molecule has 8 heteroatoms. The molecule has 0 saturated carbocycles. The predicted octanol–water partition coefficient (Wildman–Crippen LogP) is 6.99. The van der Waals surface area contributed by atoms with Gasteiger partial charge in [-0.2, -0.15) is 0 Å². The quantitative estimate of drug-likeness (QED) is 0.255. The Hall–Kier alpha value is -4.59. The Balaban J connectivity index is 0.000000956. The van der Waals surface area contributed by atoms with Gasteiger partial charge in [0.05, 0.1) is 23.0 Å². The van der Waals surface area contributed by atoms with Crippen molar-refractivity contribution < 1.29 is 13.9 Å². The van der Waals surface area contributed by atoms with Gasteiger partial charge in [0.1, 0.15) is 29.6 Å². The number of nitrogen functional groups attached to an aromatic ring is 1. The van der Waals surface area contributed by atoms with E-state index in [2.05, 4.69) is 9.97 Å². The van der Waals surface area contributed by atoms with Gasteiger partial charge in [0.2, 0.25) is 0 Å². The average molecular weight is 514 g/mol. The van der Waals surface area contributed by atoms with E-state index in [1.807, 2.05) is 68.7 Å². The SMILES string of the molecule is CC.CC.CC(=O)OCc1ccc(-n2c(-c3cccnc3N)nc3cnc(-c4ccc(F)cc4)cc32)cc1. The Bertz CT molecular complexity index is 1500. The molecule has 0 amide bonds.